The second kappa shape index (κ2) is 8.96. The number of nitrogens with two attached hydrogens (primary N) is 2. The van der Waals surface area contributed by atoms with E-state index < -0.39 is 11.9 Å². The van der Waals surface area contributed by atoms with E-state index in [0.29, 0.717) is 24.3 Å². The number of hydrogen-bond acceptors (Lipinski definition) is 5. The first kappa shape index (κ1) is 22.4. The van der Waals surface area contributed by atoms with Crippen LogP contribution in [0.1, 0.15) is 40.4 Å². The van der Waals surface area contributed by atoms with Crippen LogP contribution in [-0.4, -0.2) is 23.6 Å². The lowest BCUT2D eigenvalue weighted by Crippen LogP contribution is -2.22. The number of ether oxygens (including phenoxy) is 2. The number of carbonyl (C=O) groups is 2. The summed E-state index contributed by atoms with van der Waals surface area (Å²) in [5.74, 6) is -0.380. The highest BCUT2D eigenvalue weighted by molar-refractivity contribution is 5.93. The lowest BCUT2D eigenvalue weighted by Gasteiger charge is -2.30. The Morgan fingerprint density at radius 1 is 1.21 bits per heavy atom. The minimum atomic E-state index is -0.987. The van der Waals surface area contributed by atoms with Gasteiger partial charge in [-0.2, -0.15) is 0 Å². The summed E-state index contributed by atoms with van der Waals surface area (Å²) in [6.45, 7) is 2.77. The number of allylic oxidation sites excluding steroid dienone is 3. The number of carboxylic acid groups (broad SMARTS) is 1. The Bertz CT molecular complexity index is 1210. The summed E-state index contributed by atoms with van der Waals surface area (Å²) in [7, 11) is 0. The number of hydrogen-bond donors (Lipinski definition) is 3. The molecule has 33 heavy (non-hydrogen) atoms. The third-order valence-electron chi connectivity index (χ3n) is 5.91. The number of aliphatic carboxylic acids is 1. The summed E-state index contributed by atoms with van der Waals surface area (Å²) < 4.78 is 11.9. The van der Waals surface area contributed by atoms with E-state index in [9.17, 15) is 14.7 Å². The van der Waals surface area contributed by atoms with Crippen LogP contribution in [0.4, 0.5) is 0 Å². The fourth-order valence-corrected chi connectivity index (χ4v) is 4.26. The predicted octanol–water partition coefficient (Wildman–Crippen LogP) is 3.54. The standard InChI is InChI=1S/C26H26N2O5/c1-26-7-8-32-24(26)21(18-4-2-3-16(9-18)14-27)10-17(13-26)15-33-22-11-20(25(28)31)6-5-19(22)12-23(29)30/h2-11H,12-15,27H2,1H3,(H2,28,31)(H,29,30). The maximum absolute atomic E-state index is 11.6. The molecular weight excluding hydrogens is 420 g/mol. The van der Waals surface area contributed by atoms with Crippen molar-refractivity contribution in [2.45, 2.75) is 26.3 Å². The van der Waals surface area contributed by atoms with Crippen molar-refractivity contribution in [2.75, 3.05) is 6.61 Å². The maximum atomic E-state index is 11.6. The molecule has 1 atom stereocenters. The van der Waals surface area contributed by atoms with Crippen LogP contribution in [0.3, 0.4) is 0 Å². The Morgan fingerprint density at radius 2 is 2.03 bits per heavy atom. The van der Waals surface area contributed by atoms with Crippen molar-refractivity contribution in [1.29, 1.82) is 0 Å². The zero-order chi connectivity index (χ0) is 23.6. The van der Waals surface area contributed by atoms with Crippen molar-refractivity contribution in [1.82, 2.24) is 0 Å². The van der Waals surface area contributed by atoms with Gasteiger partial charge in [-0.1, -0.05) is 24.3 Å². The zero-order valence-corrected chi connectivity index (χ0v) is 18.3. The third-order valence-corrected chi connectivity index (χ3v) is 5.91. The molecule has 0 saturated carbocycles. The van der Waals surface area contributed by atoms with Crippen LogP contribution >= 0.6 is 0 Å². The van der Waals surface area contributed by atoms with Gasteiger partial charge in [0.2, 0.25) is 5.91 Å². The van der Waals surface area contributed by atoms with E-state index in [1.807, 2.05) is 30.3 Å². The molecule has 0 spiro atoms. The summed E-state index contributed by atoms with van der Waals surface area (Å²) in [6.07, 6.45) is 6.26. The lowest BCUT2D eigenvalue weighted by molar-refractivity contribution is -0.136. The van der Waals surface area contributed by atoms with Gasteiger partial charge >= 0.3 is 5.97 Å². The SMILES string of the molecule is CC12C=COC1=C(c1cccc(CN)c1)C=C(COc1cc(C(N)=O)ccc1CC(=O)O)C2. The van der Waals surface area contributed by atoms with Crippen LogP contribution in [0.2, 0.25) is 0 Å². The van der Waals surface area contributed by atoms with Gasteiger partial charge in [0.15, 0.2) is 0 Å². The Balaban J connectivity index is 1.66. The molecule has 0 aromatic heterocycles. The van der Waals surface area contributed by atoms with Crippen LogP contribution in [0.25, 0.3) is 5.57 Å². The van der Waals surface area contributed by atoms with Crippen LogP contribution in [-0.2, 0) is 22.5 Å². The monoisotopic (exact) mass is 446 g/mol. The largest absolute Gasteiger partial charge is 0.489 e. The molecule has 0 bridgehead atoms. The van der Waals surface area contributed by atoms with Crippen LogP contribution < -0.4 is 16.2 Å². The molecule has 4 rings (SSSR count). The molecule has 1 aliphatic heterocycles. The highest BCUT2D eigenvalue weighted by Crippen LogP contribution is 2.48. The van der Waals surface area contributed by atoms with Gasteiger partial charge in [-0.25, -0.2) is 0 Å². The predicted molar refractivity (Wildman–Crippen MR) is 124 cm³/mol. The maximum Gasteiger partial charge on any atom is 0.307 e. The molecule has 0 saturated heterocycles. The minimum absolute atomic E-state index is 0.219. The minimum Gasteiger partial charge on any atom is -0.489 e. The Hall–Kier alpha value is -3.84. The molecule has 1 amide bonds. The summed E-state index contributed by atoms with van der Waals surface area (Å²) in [5.41, 5.74) is 15.6. The van der Waals surface area contributed by atoms with Gasteiger partial charge in [-0.05, 0) is 60.4 Å². The molecule has 170 valence electrons. The van der Waals surface area contributed by atoms with Gasteiger partial charge in [-0.3, -0.25) is 9.59 Å². The normalized spacial score (nSPS) is 19.0. The van der Waals surface area contributed by atoms with Gasteiger partial charge in [0, 0.05) is 23.2 Å². The molecule has 1 heterocycles. The van der Waals surface area contributed by atoms with E-state index >= 15 is 0 Å². The second-order valence-electron chi connectivity index (χ2n) is 8.51. The molecule has 0 radical (unpaired) electrons. The van der Waals surface area contributed by atoms with Gasteiger partial charge in [0.1, 0.15) is 18.1 Å². The molecule has 5 N–H and O–H groups in total. The van der Waals surface area contributed by atoms with Gasteiger partial charge in [0.05, 0.1) is 18.1 Å². The third kappa shape index (κ3) is 4.68. The first-order chi connectivity index (χ1) is 15.8. The Morgan fingerprint density at radius 3 is 2.76 bits per heavy atom. The van der Waals surface area contributed by atoms with Crippen LogP contribution in [0, 0.1) is 5.41 Å². The Kier molecular flexibility index (Phi) is 6.07. The number of fused-ring (bicyclic) bond motifs is 1. The quantitative estimate of drug-likeness (QED) is 0.570. The van der Waals surface area contributed by atoms with E-state index in [-0.39, 0.29) is 24.0 Å². The van der Waals surface area contributed by atoms with Gasteiger partial charge in [0.25, 0.3) is 0 Å². The van der Waals surface area contributed by atoms with Crippen LogP contribution in [0.15, 0.2) is 72.2 Å². The summed E-state index contributed by atoms with van der Waals surface area (Å²) in [4.78, 5) is 22.9. The molecule has 1 aliphatic carbocycles. The number of primary amides is 1. The fraction of sp³-hybridized carbons (Fsp3) is 0.231. The van der Waals surface area contributed by atoms with Crippen molar-refractivity contribution in [2.24, 2.45) is 16.9 Å². The smallest absolute Gasteiger partial charge is 0.307 e. The number of benzene rings is 2. The van der Waals surface area contributed by atoms with Crippen molar-refractivity contribution >= 4 is 17.4 Å². The van der Waals surface area contributed by atoms with Crippen molar-refractivity contribution in [3.05, 3.63) is 94.5 Å². The number of carbonyl (C=O) groups excluding carboxylic acids is 1. The van der Waals surface area contributed by atoms with E-state index in [1.54, 1.807) is 12.3 Å². The van der Waals surface area contributed by atoms with Crippen molar-refractivity contribution in [3.63, 3.8) is 0 Å². The molecule has 1 unspecified atom stereocenters. The number of amides is 1. The molecule has 0 fully saturated rings. The molecule has 7 nitrogen and oxygen atoms in total. The Labute approximate surface area is 192 Å². The topological polar surface area (TPSA) is 125 Å². The summed E-state index contributed by atoms with van der Waals surface area (Å²) in [5, 5.41) is 9.23. The average molecular weight is 447 g/mol. The first-order valence-corrected chi connectivity index (χ1v) is 10.6. The van der Waals surface area contributed by atoms with Crippen LogP contribution in [0.5, 0.6) is 5.75 Å². The molecular formula is C26H26N2O5. The van der Waals surface area contributed by atoms with E-state index in [0.717, 1.165) is 28.0 Å². The highest BCUT2D eigenvalue weighted by Gasteiger charge is 2.38. The highest BCUT2D eigenvalue weighted by atomic mass is 16.5. The van der Waals surface area contributed by atoms with E-state index in [4.69, 9.17) is 20.9 Å². The fourth-order valence-electron chi connectivity index (χ4n) is 4.26. The van der Waals surface area contributed by atoms with Crippen molar-refractivity contribution < 1.29 is 24.2 Å². The number of carboxylic acids is 1. The van der Waals surface area contributed by atoms with E-state index in [1.165, 1.54) is 12.1 Å². The zero-order valence-electron chi connectivity index (χ0n) is 18.3. The summed E-state index contributed by atoms with van der Waals surface area (Å²) in [6, 6.07) is 12.6. The van der Waals surface area contributed by atoms with Gasteiger partial charge < -0.3 is 26.0 Å². The van der Waals surface area contributed by atoms with Crippen molar-refractivity contribution in [3.8, 4) is 5.75 Å². The summed E-state index contributed by atoms with van der Waals surface area (Å²) >= 11 is 0. The molecule has 7 heteroatoms. The first-order valence-electron chi connectivity index (χ1n) is 10.6. The lowest BCUT2D eigenvalue weighted by atomic mass is 9.75. The molecule has 2 aromatic carbocycles. The average Bonchev–Trinajstić information content (AvgIpc) is 3.18. The van der Waals surface area contributed by atoms with Gasteiger partial charge in [-0.15, -0.1) is 0 Å². The van der Waals surface area contributed by atoms with E-state index in [2.05, 4.69) is 13.0 Å². The molecule has 2 aliphatic rings. The second-order valence-corrected chi connectivity index (χ2v) is 8.51. The molecule has 2 aromatic rings. The number of rotatable bonds is 8.